The van der Waals surface area contributed by atoms with Crippen molar-refractivity contribution >= 4 is 31.7 Å². The number of benzene rings is 1. The van der Waals surface area contributed by atoms with Crippen LogP contribution in [0, 0.1) is 0 Å². The van der Waals surface area contributed by atoms with E-state index < -0.39 is 26.0 Å². The molecule has 1 aromatic carbocycles. The standard InChI is InChI=1S/C14H20BrNO3S/c1-13(2,20(4,18)19)12(17)16-14(3,10-15)11-8-6-5-7-9-11/h5-9H,10H2,1-4H3,(H,16,17). The molecule has 1 unspecified atom stereocenters. The van der Waals surface area contributed by atoms with Gasteiger partial charge in [-0.15, -0.1) is 0 Å². The minimum atomic E-state index is -3.49. The number of halogens is 1. The predicted molar refractivity (Wildman–Crippen MR) is 84.7 cm³/mol. The maximum Gasteiger partial charge on any atom is 0.241 e. The smallest absolute Gasteiger partial charge is 0.241 e. The highest BCUT2D eigenvalue weighted by Gasteiger charge is 2.41. The zero-order chi connectivity index (χ0) is 15.6. The Morgan fingerprint density at radius 3 is 2.10 bits per heavy atom. The predicted octanol–water partition coefficient (Wildman–Crippen LogP) is 2.24. The van der Waals surface area contributed by atoms with Gasteiger partial charge in [0.25, 0.3) is 0 Å². The molecule has 0 bridgehead atoms. The monoisotopic (exact) mass is 361 g/mol. The summed E-state index contributed by atoms with van der Waals surface area (Å²) in [7, 11) is -3.49. The van der Waals surface area contributed by atoms with E-state index in [1.807, 2.05) is 37.3 Å². The van der Waals surface area contributed by atoms with Crippen molar-refractivity contribution in [3.63, 3.8) is 0 Å². The van der Waals surface area contributed by atoms with Gasteiger partial charge in [-0.05, 0) is 26.3 Å². The average molecular weight is 362 g/mol. The third kappa shape index (κ3) is 3.41. The van der Waals surface area contributed by atoms with Crippen LogP contribution in [-0.2, 0) is 20.2 Å². The molecule has 1 atom stereocenters. The molecule has 1 rings (SSSR count). The zero-order valence-corrected chi connectivity index (χ0v) is 14.5. The number of hydrogen-bond acceptors (Lipinski definition) is 3. The highest BCUT2D eigenvalue weighted by molar-refractivity contribution is 9.09. The van der Waals surface area contributed by atoms with Gasteiger partial charge in [-0.1, -0.05) is 46.3 Å². The lowest BCUT2D eigenvalue weighted by Gasteiger charge is -2.33. The van der Waals surface area contributed by atoms with Crippen molar-refractivity contribution in [2.45, 2.75) is 31.1 Å². The van der Waals surface area contributed by atoms with Crippen molar-refractivity contribution in [3.05, 3.63) is 35.9 Å². The molecule has 1 amide bonds. The topological polar surface area (TPSA) is 63.2 Å². The molecule has 112 valence electrons. The molecule has 0 radical (unpaired) electrons. The summed E-state index contributed by atoms with van der Waals surface area (Å²) < 4.78 is 22.0. The van der Waals surface area contributed by atoms with Crippen LogP contribution in [-0.4, -0.2) is 30.7 Å². The van der Waals surface area contributed by atoms with Crippen molar-refractivity contribution in [2.75, 3.05) is 11.6 Å². The average Bonchev–Trinajstić information content (AvgIpc) is 2.38. The SMILES string of the molecule is CC(CBr)(NC(=O)C(C)(C)S(C)(=O)=O)c1ccccc1. The molecule has 6 heteroatoms. The van der Waals surface area contributed by atoms with Gasteiger partial charge < -0.3 is 5.32 Å². The quantitative estimate of drug-likeness (QED) is 0.817. The van der Waals surface area contributed by atoms with Crippen LogP contribution in [0.4, 0.5) is 0 Å². The maximum absolute atomic E-state index is 12.3. The van der Waals surface area contributed by atoms with Crippen molar-refractivity contribution in [1.29, 1.82) is 0 Å². The van der Waals surface area contributed by atoms with E-state index in [1.165, 1.54) is 13.8 Å². The van der Waals surface area contributed by atoms with E-state index >= 15 is 0 Å². The van der Waals surface area contributed by atoms with Crippen molar-refractivity contribution in [1.82, 2.24) is 5.32 Å². The van der Waals surface area contributed by atoms with Gasteiger partial charge in [0, 0.05) is 11.6 Å². The second kappa shape index (κ2) is 5.85. The Balaban J connectivity index is 3.10. The second-order valence-corrected chi connectivity index (χ2v) is 8.69. The number of alkyl halides is 1. The molecule has 0 saturated heterocycles. The van der Waals surface area contributed by atoms with Crippen LogP contribution in [0.1, 0.15) is 26.3 Å². The van der Waals surface area contributed by atoms with Crippen LogP contribution in [0.15, 0.2) is 30.3 Å². The Morgan fingerprint density at radius 1 is 1.20 bits per heavy atom. The van der Waals surface area contributed by atoms with E-state index in [2.05, 4.69) is 21.2 Å². The fourth-order valence-electron chi connectivity index (χ4n) is 1.56. The molecule has 1 aromatic rings. The van der Waals surface area contributed by atoms with Crippen LogP contribution in [0.3, 0.4) is 0 Å². The summed E-state index contributed by atoms with van der Waals surface area (Å²) in [6.07, 6.45) is 1.07. The molecule has 0 aliphatic carbocycles. The maximum atomic E-state index is 12.3. The van der Waals surface area contributed by atoms with E-state index in [0.717, 1.165) is 11.8 Å². The lowest BCUT2D eigenvalue weighted by atomic mass is 9.93. The summed E-state index contributed by atoms with van der Waals surface area (Å²) in [4.78, 5) is 12.3. The molecular weight excluding hydrogens is 342 g/mol. The van der Waals surface area contributed by atoms with Crippen LogP contribution < -0.4 is 5.32 Å². The molecule has 0 aliphatic heterocycles. The van der Waals surface area contributed by atoms with Crippen molar-refractivity contribution in [3.8, 4) is 0 Å². The Labute approximate surface area is 129 Å². The van der Waals surface area contributed by atoms with Gasteiger partial charge in [-0.3, -0.25) is 4.79 Å². The van der Waals surface area contributed by atoms with E-state index in [1.54, 1.807) is 0 Å². The van der Waals surface area contributed by atoms with Crippen LogP contribution in [0.25, 0.3) is 0 Å². The number of nitrogens with one attached hydrogen (secondary N) is 1. The fraction of sp³-hybridized carbons (Fsp3) is 0.500. The van der Waals surface area contributed by atoms with Gasteiger partial charge >= 0.3 is 0 Å². The van der Waals surface area contributed by atoms with Crippen molar-refractivity contribution in [2.24, 2.45) is 0 Å². The molecule has 0 aliphatic rings. The first-order valence-corrected chi connectivity index (χ1v) is 9.19. The first-order chi connectivity index (χ1) is 9.04. The summed E-state index contributed by atoms with van der Waals surface area (Å²) >= 11 is 3.39. The number of rotatable bonds is 5. The zero-order valence-electron chi connectivity index (χ0n) is 12.1. The number of amides is 1. The van der Waals surface area contributed by atoms with Crippen molar-refractivity contribution < 1.29 is 13.2 Å². The summed E-state index contributed by atoms with van der Waals surface area (Å²) in [5.41, 5.74) is 0.245. The summed E-state index contributed by atoms with van der Waals surface area (Å²) in [5.74, 6) is -0.509. The molecule has 0 heterocycles. The largest absolute Gasteiger partial charge is 0.345 e. The lowest BCUT2D eigenvalue weighted by Crippen LogP contribution is -2.55. The normalized spacial score (nSPS) is 15.4. The molecule has 4 nitrogen and oxygen atoms in total. The first kappa shape index (κ1) is 17.2. The van der Waals surface area contributed by atoms with Crippen LogP contribution >= 0.6 is 15.9 Å². The summed E-state index contributed by atoms with van der Waals surface area (Å²) in [6.45, 7) is 4.68. The fourth-order valence-corrected chi connectivity index (χ4v) is 2.41. The number of sulfone groups is 1. The van der Waals surface area contributed by atoms with Gasteiger partial charge in [0.1, 0.15) is 4.75 Å². The summed E-state index contributed by atoms with van der Waals surface area (Å²) in [6, 6.07) is 9.44. The number of carbonyl (C=O) groups excluding carboxylic acids is 1. The molecule has 0 aromatic heterocycles. The minimum absolute atomic E-state index is 0.482. The Bertz CT molecular complexity index is 584. The highest BCUT2D eigenvalue weighted by atomic mass is 79.9. The Kier molecular flexibility index (Phi) is 5.03. The first-order valence-electron chi connectivity index (χ1n) is 6.18. The van der Waals surface area contributed by atoms with Crippen LogP contribution in [0.5, 0.6) is 0 Å². The number of carbonyl (C=O) groups is 1. The molecule has 0 saturated carbocycles. The van der Waals surface area contributed by atoms with E-state index in [-0.39, 0.29) is 0 Å². The second-order valence-electron chi connectivity index (χ2n) is 5.57. The summed E-state index contributed by atoms with van der Waals surface area (Å²) in [5, 5.41) is 3.32. The van der Waals surface area contributed by atoms with Gasteiger partial charge in [0.05, 0.1) is 5.54 Å². The van der Waals surface area contributed by atoms with Gasteiger partial charge in [0.15, 0.2) is 9.84 Å². The molecule has 0 fully saturated rings. The molecule has 20 heavy (non-hydrogen) atoms. The molecular formula is C14H20BrNO3S. The molecule has 0 spiro atoms. The number of hydrogen-bond donors (Lipinski definition) is 1. The lowest BCUT2D eigenvalue weighted by molar-refractivity contribution is -0.124. The van der Waals surface area contributed by atoms with E-state index in [4.69, 9.17) is 0 Å². The van der Waals surface area contributed by atoms with E-state index in [0.29, 0.717) is 5.33 Å². The highest BCUT2D eigenvalue weighted by Crippen LogP contribution is 2.25. The third-order valence-corrected chi connectivity index (χ3v) is 6.70. The third-order valence-electron chi connectivity index (χ3n) is 3.54. The van der Waals surface area contributed by atoms with Crippen LogP contribution in [0.2, 0.25) is 0 Å². The van der Waals surface area contributed by atoms with E-state index in [9.17, 15) is 13.2 Å². The molecule has 1 N–H and O–H groups in total. The Hall–Kier alpha value is -0.880. The minimum Gasteiger partial charge on any atom is -0.345 e. The van der Waals surface area contributed by atoms with Gasteiger partial charge in [0.2, 0.25) is 5.91 Å². The van der Waals surface area contributed by atoms with Gasteiger partial charge in [-0.25, -0.2) is 8.42 Å². The Morgan fingerprint density at radius 2 is 1.70 bits per heavy atom. The van der Waals surface area contributed by atoms with Gasteiger partial charge in [-0.2, -0.15) is 0 Å².